The Morgan fingerprint density at radius 1 is 1.38 bits per heavy atom. The van der Waals surface area contributed by atoms with Gasteiger partial charge in [0, 0.05) is 25.3 Å². The molecule has 0 aromatic carbocycles. The van der Waals surface area contributed by atoms with Crippen LogP contribution < -0.4 is 0 Å². The number of carbonyl (C=O) groups is 2. The van der Waals surface area contributed by atoms with Crippen molar-refractivity contribution in [3.63, 3.8) is 0 Å². The van der Waals surface area contributed by atoms with Gasteiger partial charge in [-0.25, -0.2) is 0 Å². The topological polar surface area (TPSA) is 37.4 Å². The van der Waals surface area contributed by atoms with Crippen LogP contribution in [-0.2, 0) is 9.59 Å². The van der Waals surface area contributed by atoms with E-state index in [0.29, 0.717) is 12.8 Å². The summed E-state index contributed by atoms with van der Waals surface area (Å²) in [5.74, 6) is 0.559. The lowest BCUT2D eigenvalue weighted by Gasteiger charge is -2.08. The van der Waals surface area contributed by atoms with Gasteiger partial charge in [-0.05, 0) is 26.9 Å². The Morgan fingerprint density at radius 2 is 2.08 bits per heavy atom. The highest BCUT2D eigenvalue weighted by molar-refractivity contribution is 5.86. The van der Waals surface area contributed by atoms with E-state index in [2.05, 4.69) is 4.90 Å². The molecule has 1 heterocycles. The summed E-state index contributed by atoms with van der Waals surface area (Å²) in [6.07, 6.45) is 1.82. The maximum atomic E-state index is 11.5. The Labute approximate surface area is 79.1 Å². The molecule has 3 heteroatoms. The van der Waals surface area contributed by atoms with Crippen LogP contribution in [0.3, 0.4) is 0 Å². The molecule has 0 aromatic heterocycles. The van der Waals surface area contributed by atoms with Gasteiger partial charge in [-0.1, -0.05) is 0 Å². The summed E-state index contributed by atoms with van der Waals surface area (Å²) in [4.78, 5) is 24.3. The summed E-state index contributed by atoms with van der Waals surface area (Å²) in [5, 5.41) is 0. The second-order valence-electron chi connectivity index (χ2n) is 3.92. The number of carbonyl (C=O) groups excluding carboxylic acids is 2. The lowest BCUT2D eigenvalue weighted by atomic mass is 9.99. The van der Waals surface area contributed by atoms with E-state index in [0.717, 1.165) is 19.5 Å². The van der Waals surface area contributed by atoms with Crippen LogP contribution in [-0.4, -0.2) is 36.6 Å². The van der Waals surface area contributed by atoms with Crippen molar-refractivity contribution < 1.29 is 9.59 Å². The maximum Gasteiger partial charge on any atom is 0.137 e. The molecule has 0 amide bonds. The lowest BCUT2D eigenvalue weighted by Crippen LogP contribution is -2.19. The van der Waals surface area contributed by atoms with Gasteiger partial charge in [0.1, 0.15) is 11.6 Å². The smallest absolute Gasteiger partial charge is 0.137 e. The van der Waals surface area contributed by atoms with Gasteiger partial charge < -0.3 is 9.69 Å². The molecule has 1 saturated heterocycles. The number of Topliss-reactive ketones (excluding diaryl/α,β-unsaturated/α-hetero) is 2. The highest BCUT2D eigenvalue weighted by Crippen LogP contribution is 2.17. The molecular weight excluding hydrogens is 166 g/mol. The van der Waals surface area contributed by atoms with Crippen LogP contribution in [0.2, 0.25) is 0 Å². The summed E-state index contributed by atoms with van der Waals surface area (Å²) in [6.45, 7) is 3.42. The molecule has 1 rings (SSSR count). The van der Waals surface area contributed by atoms with Crippen molar-refractivity contribution >= 4 is 11.6 Å². The van der Waals surface area contributed by atoms with Crippen molar-refractivity contribution in [3.8, 4) is 0 Å². The predicted octanol–water partition coefficient (Wildman–Crippen LogP) is 0.876. The first-order valence-electron chi connectivity index (χ1n) is 4.80. The number of ketones is 2. The van der Waals surface area contributed by atoms with Crippen molar-refractivity contribution in [2.24, 2.45) is 5.92 Å². The predicted molar refractivity (Wildman–Crippen MR) is 50.5 cm³/mol. The summed E-state index contributed by atoms with van der Waals surface area (Å²) in [5.41, 5.74) is 0. The standard InChI is InChI=1S/C10H17NO2/c1-8(12)3-4-10(13)9-5-6-11(2)7-9/h9H,3-7H2,1-2H3. The first-order valence-corrected chi connectivity index (χ1v) is 4.80. The highest BCUT2D eigenvalue weighted by atomic mass is 16.1. The minimum atomic E-state index is 0.111. The molecule has 1 aliphatic heterocycles. The zero-order chi connectivity index (χ0) is 9.84. The number of hydrogen-bond acceptors (Lipinski definition) is 3. The monoisotopic (exact) mass is 183 g/mol. The Bertz CT molecular complexity index is 213. The Balaban J connectivity index is 2.27. The normalized spacial score (nSPS) is 23.4. The average Bonchev–Trinajstić information content (AvgIpc) is 2.47. The second kappa shape index (κ2) is 4.51. The highest BCUT2D eigenvalue weighted by Gasteiger charge is 2.25. The molecule has 0 radical (unpaired) electrons. The zero-order valence-corrected chi connectivity index (χ0v) is 8.38. The first-order chi connectivity index (χ1) is 6.09. The van der Waals surface area contributed by atoms with E-state index in [1.54, 1.807) is 0 Å². The van der Waals surface area contributed by atoms with Crippen LogP contribution in [0.15, 0.2) is 0 Å². The molecule has 1 atom stereocenters. The Morgan fingerprint density at radius 3 is 2.54 bits per heavy atom. The van der Waals surface area contributed by atoms with Crippen LogP contribution in [0.4, 0.5) is 0 Å². The molecule has 0 bridgehead atoms. The van der Waals surface area contributed by atoms with Gasteiger partial charge in [0.05, 0.1) is 0 Å². The molecule has 0 N–H and O–H groups in total. The van der Waals surface area contributed by atoms with Crippen LogP contribution in [0.5, 0.6) is 0 Å². The van der Waals surface area contributed by atoms with Crippen LogP contribution in [0.25, 0.3) is 0 Å². The van der Waals surface area contributed by atoms with Crippen LogP contribution in [0, 0.1) is 5.92 Å². The molecule has 1 unspecified atom stereocenters. The molecule has 0 aliphatic carbocycles. The van der Waals surface area contributed by atoms with Crippen molar-refractivity contribution in [1.82, 2.24) is 4.90 Å². The van der Waals surface area contributed by atoms with Gasteiger partial charge in [-0.3, -0.25) is 4.79 Å². The van der Waals surface area contributed by atoms with Gasteiger partial charge in [0.15, 0.2) is 0 Å². The second-order valence-corrected chi connectivity index (χ2v) is 3.92. The molecule has 74 valence electrons. The van der Waals surface area contributed by atoms with Crippen LogP contribution >= 0.6 is 0 Å². The van der Waals surface area contributed by atoms with E-state index in [1.165, 1.54) is 6.92 Å². The third-order valence-corrected chi connectivity index (χ3v) is 2.57. The first kappa shape index (κ1) is 10.4. The molecule has 13 heavy (non-hydrogen) atoms. The van der Waals surface area contributed by atoms with Gasteiger partial charge >= 0.3 is 0 Å². The van der Waals surface area contributed by atoms with E-state index in [9.17, 15) is 9.59 Å². The van der Waals surface area contributed by atoms with Crippen molar-refractivity contribution in [2.75, 3.05) is 20.1 Å². The SMILES string of the molecule is CC(=O)CCC(=O)C1CCN(C)C1. The van der Waals surface area contributed by atoms with Gasteiger partial charge in [0.25, 0.3) is 0 Å². The summed E-state index contributed by atoms with van der Waals surface area (Å²) >= 11 is 0. The quantitative estimate of drug-likeness (QED) is 0.649. The molecule has 0 aromatic rings. The third kappa shape index (κ3) is 3.27. The van der Waals surface area contributed by atoms with Crippen molar-refractivity contribution in [1.29, 1.82) is 0 Å². The molecule has 3 nitrogen and oxygen atoms in total. The number of hydrogen-bond donors (Lipinski definition) is 0. The summed E-state index contributed by atoms with van der Waals surface area (Å²) < 4.78 is 0. The maximum absolute atomic E-state index is 11.5. The summed E-state index contributed by atoms with van der Waals surface area (Å²) in [7, 11) is 2.03. The Hall–Kier alpha value is -0.700. The van der Waals surface area contributed by atoms with E-state index in [4.69, 9.17) is 0 Å². The fourth-order valence-corrected chi connectivity index (χ4v) is 1.70. The molecule has 0 saturated carbocycles. The van der Waals surface area contributed by atoms with E-state index >= 15 is 0 Å². The number of rotatable bonds is 4. The minimum Gasteiger partial charge on any atom is -0.306 e. The molecule has 1 fully saturated rings. The van der Waals surface area contributed by atoms with Crippen molar-refractivity contribution in [3.05, 3.63) is 0 Å². The number of likely N-dealkylation sites (tertiary alicyclic amines) is 1. The Kier molecular flexibility index (Phi) is 3.60. The fourth-order valence-electron chi connectivity index (χ4n) is 1.70. The lowest BCUT2D eigenvalue weighted by molar-refractivity contribution is -0.125. The molecule has 0 spiro atoms. The van der Waals surface area contributed by atoms with Gasteiger partial charge in [0.2, 0.25) is 0 Å². The van der Waals surface area contributed by atoms with Gasteiger partial charge in [-0.15, -0.1) is 0 Å². The molecule has 1 aliphatic rings. The van der Waals surface area contributed by atoms with E-state index in [-0.39, 0.29) is 17.5 Å². The van der Waals surface area contributed by atoms with Gasteiger partial charge in [-0.2, -0.15) is 0 Å². The summed E-state index contributed by atoms with van der Waals surface area (Å²) in [6, 6.07) is 0. The number of nitrogens with zero attached hydrogens (tertiary/aromatic N) is 1. The average molecular weight is 183 g/mol. The molecular formula is C10H17NO2. The largest absolute Gasteiger partial charge is 0.306 e. The minimum absolute atomic E-state index is 0.111. The third-order valence-electron chi connectivity index (χ3n) is 2.57. The van der Waals surface area contributed by atoms with Crippen molar-refractivity contribution in [2.45, 2.75) is 26.2 Å². The van der Waals surface area contributed by atoms with E-state index in [1.807, 2.05) is 7.05 Å². The zero-order valence-electron chi connectivity index (χ0n) is 8.38. The van der Waals surface area contributed by atoms with E-state index < -0.39 is 0 Å². The van der Waals surface area contributed by atoms with Crippen LogP contribution in [0.1, 0.15) is 26.2 Å². The fraction of sp³-hybridized carbons (Fsp3) is 0.800.